The van der Waals surface area contributed by atoms with E-state index in [-0.39, 0.29) is 5.78 Å². The zero-order chi connectivity index (χ0) is 8.55. The van der Waals surface area contributed by atoms with Gasteiger partial charge in [-0.15, -0.1) is 22.9 Å². The smallest absolute Gasteiger partial charge is 0.186 e. The van der Waals surface area contributed by atoms with Gasteiger partial charge in [-0.3, -0.25) is 4.79 Å². The van der Waals surface area contributed by atoms with E-state index in [1.165, 1.54) is 11.3 Å². The van der Waals surface area contributed by atoms with Crippen molar-refractivity contribution in [2.24, 2.45) is 0 Å². The minimum absolute atomic E-state index is 0.0973. The average molecular weight is 200 g/mol. The number of carbonyl (C=O) groups is 1. The Balaban J connectivity index is 2.52. The molecule has 0 saturated carbocycles. The fourth-order valence-corrected chi connectivity index (χ4v) is 2.21. The first-order chi connectivity index (χ1) is 5.81. The molecule has 1 aliphatic carbocycles. The third kappa shape index (κ3) is 1.19. The summed E-state index contributed by atoms with van der Waals surface area (Å²) in [5.41, 5.74) is 0.596. The van der Waals surface area contributed by atoms with Crippen LogP contribution < -0.4 is 0 Å². The van der Waals surface area contributed by atoms with E-state index >= 15 is 0 Å². The molecule has 12 heavy (non-hydrogen) atoms. The lowest BCUT2D eigenvalue weighted by Gasteiger charge is -1.99. The van der Waals surface area contributed by atoms with Gasteiger partial charge in [-0.2, -0.15) is 0 Å². The number of ketones is 1. The Kier molecular flexibility index (Phi) is 1.98. The highest BCUT2D eigenvalue weighted by Crippen LogP contribution is 2.25. The molecule has 0 atom stereocenters. The van der Waals surface area contributed by atoms with E-state index < -0.39 is 0 Å². The molecule has 0 N–H and O–H groups in total. The van der Waals surface area contributed by atoms with Crippen molar-refractivity contribution in [3.8, 4) is 0 Å². The van der Waals surface area contributed by atoms with Gasteiger partial charge in [0.1, 0.15) is 10.7 Å². The Morgan fingerprint density at radius 3 is 3.17 bits per heavy atom. The van der Waals surface area contributed by atoms with Gasteiger partial charge in [0.25, 0.3) is 0 Å². The number of carbonyl (C=O) groups excluding carboxylic acids is 1. The van der Waals surface area contributed by atoms with E-state index in [2.05, 4.69) is 4.98 Å². The standard InChI is InChI=1S/C8H6ClNOS/c9-4-7-10-8-5(11)2-1-3-6(8)12-7/h1,3H,2,4H2. The molecule has 0 amide bonds. The largest absolute Gasteiger partial charge is 0.292 e. The van der Waals surface area contributed by atoms with Crippen molar-refractivity contribution < 1.29 is 4.79 Å². The second kappa shape index (κ2) is 2.99. The van der Waals surface area contributed by atoms with E-state index in [0.717, 1.165) is 9.88 Å². The van der Waals surface area contributed by atoms with Gasteiger partial charge in [0.15, 0.2) is 5.78 Å². The number of hydrogen-bond acceptors (Lipinski definition) is 3. The van der Waals surface area contributed by atoms with Gasteiger partial charge in [0.2, 0.25) is 0 Å². The van der Waals surface area contributed by atoms with Gasteiger partial charge in [0, 0.05) is 6.42 Å². The number of halogens is 1. The Labute approximate surface area is 78.9 Å². The van der Waals surface area contributed by atoms with E-state index in [9.17, 15) is 4.79 Å². The molecule has 1 aromatic heterocycles. The molecule has 1 heterocycles. The van der Waals surface area contributed by atoms with Crippen molar-refractivity contribution in [1.82, 2.24) is 4.98 Å². The van der Waals surface area contributed by atoms with Gasteiger partial charge in [-0.25, -0.2) is 4.98 Å². The lowest BCUT2D eigenvalue weighted by atomic mass is 10.1. The number of thiazole rings is 1. The number of nitrogens with zero attached hydrogens (tertiary/aromatic N) is 1. The van der Waals surface area contributed by atoms with E-state index in [0.29, 0.717) is 18.0 Å². The Hall–Kier alpha value is -0.670. The number of rotatable bonds is 1. The minimum atomic E-state index is 0.0973. The van der Waals surface area contributed by atoms with Crippen LogP contribution in [0.1, 0.15) is 26.8 Å². The Morgan fingerprint density at radius 2 is 2.50 bits per heavy atom. The fourth-order valence-electron chi connectivity index (χ4n) is 1.12. The summed E-state index contributed by atoms with van der Waals surface area (Å²) in [7, 11) is 0. The summed E-state index contributed by atoms with van der Waals surface area (Å²) in [5.74, 6) is 0.485. The molecule has 0 unspecified atom stereocenters. The second-order valence-electron chi connectivity index (χ2n) is 2.48. The normalized spacial score (nSPS) is 14.9. The summed E-state index contributed by atoms with van der Waals surface area (Å²) >= 11 is 7.10. The molecule has 0 saturated heterocycles. The summed E-state index contributed by atoms with van der Waals surface area (Å²) in [6.45, 7) is 0. The molecular formula is C8H6ClNOS. The first-order valence-electron chi connectivity index (χ1n) is 3.56. The van der Waals surface area contributed by atoms with Crippen LogP contribution in [0.4, 0.5) is 0 Å². The second-order valence-corrected chi connectivity index (χ2v) is 3.87. The predicted molar refractivity (Wildman–Crippen MR) is 49.7 cm³/mol. The van der Waals surface area contributed by atoms with Crippen LogP contribution in [-0.4, -0.2) is 10.8 Å². The highest BCUT2D eigenvalue weighted by atomic mass is 35.5. The molecule has 0 spiro atoms. The first kappa shape index (κ1) is 7.95. The van der Waals surface area contributed by atoms with Gasteiger partial charge in [0.05, 0.1) is 10.8 Å². The zero-order valence-corrected chi connectivity index (χ0v) is 7.78. The van der Waals surface area contributed by atoms with Crippen LogP contribution in [0.25, 0.3) is 6.08 Å². The lowest BCUT2D eigenvalue weighted by Crippen LogP contribution is -2.02. The highest BCUT2D eigenvalue weighted by Gasteiger charge is 2.17. The third-order valence-corrected chi connectivity index (χ3v) is 3.08. The molecular weight excluding hydrogens is 194 g/mol. The predicted octanol–water partition coefficient (Wildman–Crippen LogP) is 2.48. The average Bonchev–Trinajstić information content (AvgIpc) is 2.49. The van der Waals surface area contributed by atoms with E-state index in [1.54, 1.807) is 0 Å². The number of aromatic nitrogens is 1. The number of alkyl halides is 1. The topological polar surface area (TPSA) is 30.0 Å². The quantitative estimate of drug-likeness (QED) is 0.651. The summed E-state index contributed by atoms with van der Waals surface area (Å²) in [4.78, 5) is 16.3. The van der Waals surface area contributed by atoms with Crippen LogP contribution in [0.15, 0.2) is 6.08 Å². The van der Waals surface area contributed by atoms with Crippen molar-refractivity contribution in [3.63, 3.8) is 0 Å². The van der Waals surface area contributed by atoms with Crippen LogP contribution in [0.3, 0.4) is 0 Å². The van der Waals surface area contributed by atoms with Crippen LogP contribution in [0.5, 0.6) is 0 Å². The number of Topliss-reactive ketones (excluding diaryl/α,β-unsaturated/α-hetero) is 1. The fraction of sp³-hybridized carbons (Fsp3) is 0.250. The SMILES string of the molecule is O=C1CC=Cc2sc(CCl)nc21. The maximum absolute atomic E-state index is 11.3. The molecule has 2 nitrogen and oxygen atoms in total. The van der Waals surface area contributed by atoms with Gasteiger partial charge in [-0.05, 0) is 6.08 Å². The van der Waals surface area contributed by atoms with Crippen molar-refractivity contribution in [1.29, 1.82) is 0 Å². The first-order valence-corrected chi connectivity index (χ1v) is 4.92. The maximum Gasteiger partial charge on any atom is 0.186 e. The number of hydrogen-bond donors (Lipinski definition) is 0. The molecule has 1 aliphatic rings. The molecule has 1 aromatic rings. The van der Waals surface area contributed by atoms with Gasteiger partial charge in [-0.1, -0.05) is 6.08 Å². The molecule has 2 rings (SSSR count). The van der Waals surface area contributed by atoms with Crippen LogP contribution in [0, 0.1) is 0 Å². The molecule has 0 aromatic carbocycles. The molecule has 4 heteroatoms. The molecule has 0 aliphatic heterocycles. The lowest BCUT2D eigenvalue weighted by molar-refractivity contribution is 0.0990. The van der Waals surface area contributed by atoms with E-state index in [4.69, 9.17) is 11.6 Å². The maximum atomic E-state index is 11.3. The number of fused-ring (bicyclic) bond motifs is 1. The van der Waals surface area contributed by atoms with Crippen molar-refractivity contribution in [2.45, 2.75) is 12.3 Å². The van der Waals surface area contributed by atoms with Crippen molar-refractivity contribution in [3.05, 3.63) is 21.7 Å². The highest BCUT2D eigenvalue weighted by molar-refractivity contribution is 7.13. The van der Waals surface area contributed by atoms with Crippen molar-refractivity contribution >= 4 is 34.8 Å². The molecule has 0 bridgehead atoms. The molecule has 0 fully saturated rings. The van der Waals surface area contributed by atoms with Crippen molar-refractivity contribution in [2.75, 3.05) is 0 Å². The summed E-state index contributed by atoms with van der Waals surface area (Å²) in [5, 5.41) is 0.821. The Bertz CT molecular complexity index is 356. The monoisotopic (exact) mass is 199 g/mol. The van der Waals surface area contributed by atoms with Crippen LogP contribution in [-0.2, 0) is 5.88 Å². The Morgan fingerprint density at radius 1 is 1.67 bits per heavy atom. The molecule has 0 radical (unpaired) electrons. The van der Waals surface area contributed by atoms with Gasteiger partial charge < -0.3 is 0 Å². The summed E-state index contributed by atoms with van der Waals surface area (Å²) in [6, 6.07) is 0. The third-order valence-electron chi connectivity index (χ3n) is 1.65. The van der Waals surface area contributed by atoms with E-state index in [1.807, 2.05) is 12.2 Å². The summed E-state index contributed by atoms with van der Waals surface area (Å²) in [6.07, 6.45) is 4.27. The minimum Gasteiger partial charge on any atom is -0.292 e. The van der Waals surface area contributed by atoms with Crippen LogP contribution >= 0.6 is 22.9 Å². The van der Waals surface area contributed by atoms with Crippen LogP contribution in [0.2, 0.25) is 0 Å². The molecule has 62 valence electrons. The van der Waals surface area contributed by atoms with Gasteiger partial charge >= 0.3 is 0 Å². The zero-order valence-electron chi connectivity index (χ0n) is 6.21. The summed E-state index contributed by atoms with van der Waals surface area (Å²) < 4.78 is 0. The number of allylic oxidation sites excluding steroid dienone is 1.